The molecular formula is C16H16FNO2S. The quantitative estimate of drug-likeness (QED) is 0.863. The second-order valence-electron chi connectivity index (χ2n) is 4.98. The van der Waals surface area contributed by atoms with Crippen LogP contribution in [0.2, 0.25) is 0 Å². The maximum absolute atomic E-state index is 13.5. The highest BCUT2D eigenvalue weighted by molar-refractivity contribution is 7.10. The number of halogens is 1. The van der Waals surface area contributed by atoms with E-state index in [4.69, 9.17) is 4.74 Å². The Morgan fingerprint density at radius 3 is 2.95 bits per heavy atom. The molecule has 1 aromatic heterocycles. The molecule has 1 atom stereocenters. The second kappa shape index (κ2) is 6.26. The number of hydrogen-bond acceptors (Lipinski definition) is 3. The van der Waals surface area contributed by atoms with Gasteiger partial charge >= 0.3 is 0 Å². The molecule has 1 fully saturated rings. The van der Waals surface area contributed by atoms with Gasteiger partial charge in [-0.1, -0.05) is 18.2 Å². The van der Waals surface area contributed by atoms with Gasteiger partial charge < -0.3 is 9.64 Å². The maximum Gasteiger partial charge on any atom is 0.261 e. The third-order valence-electron chi connectivity index (χ3n) is 3.63. The Hall–Kier alpha value is -1.88. The molecule has 0 N–H and O–H groups in total. The van der Waals surface area contributed by atoms with Crippen LogP contribution < -0.4 is 4.74 Å². The molecule has 0 aliphatic carbocycles. The zero-order chi connectivity index (χ0) is 14.7. The number of likely N-dealkylation sites (tertiary alicyclic amines) is 1. The molecule has 1 amide bonds. The lowest BCUT2D eigenvalue weighted by atomic mass is 10.2. The maximum atomic E-state index is 13.5. The third-order valence-corrected chi connectivity index (χ3v) is 4.61. The molecule has 3 rings (SSSR count). The molecule has 2 heterocycles. The van der Waals surface area contributed by atoms with E-state index in [-0.39, 0.29) is 24.3 Å². The third kappa shape index (κ3) is 3.08. The predicted octanol–water partition coefficient (Wildman–Crippen LogP) is 3.63. The molecule has 1 aliphatic rings. The minimum atomic E-state index is -0.443. The molecule has 2 aromatic rings. The molecule has 21 heavy (non-hydrogen) atoms. The van der Waals surface area contributed by atoms with Crippen molar-refractivity contribution in [3.05, 3.63) is 52.5 Å². The summed E-state index contributed by atoms with van der Waals surface area (Å²) in [6, 6.07) is 10.3. The molecule has 110 valence electrons. The van der Waals surface area contributed by atoms with Crippen molar-refractivity contribution in [2.24, 2.45) is 0 Å². The molecule has 0 spiro atoms. The summed E-state index contributed by atoms with van der Waals surface area (Å²) in [5, 5.41) is 2.02. The number of carbonyl (C=O) groups is 1. The fourth-order valence-electron chi connectivity index (χ4n) is 2.63. The van der Waals surface area contributed by atoms with Gasteiger partial charge in [-0.05, 0) is 36.4 Å². The minimum Gasteiger partial charge on any atom is -0.481 e. The number of amides is 1. The van der Waals surface area contributed by atoms with Crippen molar-refractivity contribution in [2.45, 2.75) is 18.9 Å². The van der Waals surface area contributed by atoms with Gasteiger partial charge in [-0.25, -0.2) is 4.39 Å². The Bertz CT molecular complexity index is 614. The van der Waals surface area contributed by atoms with E-state index < -0.39 is 5.82 Å². The van der Waals surface area contributed by atoms with E-state index in [2.05, 4.69) is 6.07 Å². The van der Waals surface area contributed by atoms with Crippen molar-refractivity contribution in [3.63, 3.8) is 0 Å². The molecule has 0 bridgehead atoms. The van der Waals surface area contributed by atoms with Crippen LogP contribution >= 0.6 is 11.3 Å². The molecule has 0 saturated carbocycles. The van der Waals surface area contributed by atoms with Crippen molar-refractivity contribution in [1.82, 2.24) is 4.90 Å². The average Bonchev–Trinajstić information content (AvgIpc) is 3.16. The first-order valence-electron chi connectivity index (χ1n) is 6.96. The highest BCUT2D eigenvalue weighted by Crippen LogP contribution is 2.34. The van der Waals surface area contributed by atoms with E-state index >= 15 is 0 Å². The lowest BCUT2D eigenvalue weighted by Crippen LogP contribution is -2.34. The topological polar surface area (TPSA) is 29.5 Å². The molecule has 1 aromatic carbocycles. The predicted molar refractivity (Wildman–Crippen MR) is 79.9 cm³/mol. The van der Waals surface area contributed by atoms with Crippen LogP contribution in [0.5, 0.6) is 5.75 Å². The smallest absolute Gasteiger partial charge is 0.261 e. The SMILES string of the molecule is O=C(COc1ccccc1F)N1CCCC1c1cccs1. The monoisotopic (exact) mass is 305 g/mol. The highest BCUT2D eigenvalue weighted by Gasteiger charge is 2.30. The average molecular weight is 305 g/mol. The van der Waals surface area contributed by atoms with Gasteiger partial charge in [-0.2, -0.15) is 0 Å². The zero-order valence-electron chi connectivity index (χ0n) is 11.5. The van der Waals surface area contributed by atoms with E-state index in [1.54, 1.807) is 23.5 Å². The first-order chi connectivity index (χ1) is 10.3. The minimum absolute atomic E-state index is 0.0887. The largest absolute Gasteiger partial charge is 0.481 e. The molecule has 1 unspecified atom stereocenters. The molecule has 1 saturated heterocycles. The van der Waals surface area contributed by atoms with Gasteiger partial charge in [0, 0.05) is 11.4 Å². The van der Waals surface area contributed by atoms with Crippen molar-refractivity contribution < 1.29 is 13.9 Å². The van der Waals surface area contributed by atoms with Crippen LogP contribution in [0.1, 0.15) is 23.8 Å². The van der Waals surface area contributed by atoms with Gasteiger partial charge in [0.2, 0.25) is 0 Å². The lowest BCUT2D eigenvalue weighted by molar-refractivity contribution is -0.134. The van der Waals surface area contributed by atoms with Gasteiger partial charge in [-0.15, -0.1) is 11.3 Å². The lowest BCUT2D eigenvalue weighted by Gasteiger charge is -2.24. The van der Waals surface area contributed by atoms with Crippen LogP contribution in [0.3, 0.4) is 0 Å². The normalized spacial score (nSPS) is 18.0. The summed E-state index contributed by atoms with van der Waals surface area (Å²) in [6.07, 6.45) is 1.97. The fraction of sp³-hybridized carbons (Fsp3) is 0.312. The molecule has 3 nitrogen and oxygen atoms in total. The summed E-state index contributed by atoms with van der Waals surface area (Å²) in [5.41, 5.74) is 0. The Kier molecular flexibility index (Phi) is 4.20. The highest BCUT2D eigenvalue weighted by atomic mass is 32.1. The summed E-state index contributed by atoms with van der Waals surface area (Å²) >= 11 is 1.66. The van der Waals surface area contributed by atoms with Gasteiger partial charge in [0.05, 0.1) is 6.04 Å². The summed E-state index contributed by atoms with van der Waals surface area (Å²) in [4.78, 5) is 15.4. The summed E-state index contributed by atoms with van der Waals surface area (Å²) < 4.78 is 18.8. The van der Waals surface area contributed by atoms with Crippen molar-refractivity contribution in [2.75, 3.05) is 13.2 Å². The standard InChI is InChI=1S/C16H16FNO2S/c17-12-5-1-2-7-14(12)20-11-16(19)18-9-3-6-13(18)15-8-4-10-21-15/h1-2,4-5,7-8,10,13H,3,6,9,11H2. The van der Waals surface area contributed by atoms with Crippen LogP contribution in [0.15, 0.2) is 41.8 Å². The van der Waals surface area contributed by atoms with Crippen molar-refractivity contribution in [1.29, 1.82) is 0 Å². The number of nitrogens with zero attached hydrogens (tertiary/aromatic N) is 1. The summed E-state index contributed by atoms with van der Waals surface area (Å²) in [7, 11) is 0. The number of hydrogen-bond donors (Lipinski definition) is 0. The Balaban J connectivity index is 1.64. The van der Waals surface area contributed by atoms with Crippen molar-refractivity contribution >= 4 is 17.2 Å². The van der Waals surface area contributed by atoms with Gasteiger partial charge in [0.15, 0.2) is 18.2 Å². The first kappa shape index (κ1) is 14.1. The van der Waals surface area contributed by atoms with E-state index in [9.17, 15) is 9.18 Å². The Morgan fingerprint density at radius 1 is 1.33 bits per heavy atom. The number of thiophene rings is 1. The Labute approximate surface area is 127 Å². The van der Waals surface area contributed by atoms with Crippen LogP contribution in [-0.4, -0.2) is 24.0 Å². The van der Waals surface area contributed by atoms with E-state index in [0.29, 0.717) is 0 Å². The summed E-state index contributed by atoms with van der Waals surface area (Å²) in [6.45, 7) is 0.616. The van der Waals surface area contributed by atoms with Gasteiger partial charge in [0.1, 0.15) is 0 Å². The number of rotatable bonds is 4. The zero-order valence-corrected chi connectivity index (χ0v) is 12.3. The number of carbonyl (C=O) groups excluding carboxylic acids is 1. The van der Waals surface area contributed by atoms with E-state index in [1.807, 2.05) is 16.3 Å². The Morgan fingerprint density at radius 2 is 2.19 bits per heavy atom. The summed E-state index contributed by atoms with van der Waals surface area (Å²) in [5.74, 6) is -0.409. The molecule has 5 heteroatoms. The molecular weight excluding hydrogens is 289 g/mol. The number of para-hydroxylation sites is 1. The van der Waals surface area contributed by atoms with Gasteiger partial charge in [-0.3, -0.25) is 4.79 Å². The second-order valence-corrected chi connectivity index (χ2v) is 5.96. The van der Waals surface area contributed by atoms with Gasteiger partial charge in [0.25, 0.3) is 5.91 Å². The van der Waals surface area contributed by atoms with Crippen LogP contribution in [0.4, 0.5) is 4.39 Å². The first-order valence-corrected chi connectivity index (χ1v) is 7.84. The number of benzene rings is 1. The van der Waals surface area contributed by atoms with E-state index in [0.717, 1.165) is 19.4 Å². The molecule has 1 aliphatic heterocycles. The fourth-order valence-corrected chi connectivity index (χ4v) is 3.50. The molecule has 0 radical (unpaired) electrons. The number of ether oxygens (including phenoxy) is 1. The van der Waals surface area contributed by atoms with Crippen molar-refractivity contribution in [3.8, 4) is 5.75 Å². The van der Waals surface area contributed by atoms with E-state index in [1.165, 1.54) is 17.0 Å². The van der Waals surface area contributed by atoms with Crippen LogP contribution in [-0.2, 0) is 4.79 Å². The van der Waals surface area contributed by atoms with Crippen LogP contribution in [0, 0.1) is 5.82 Å². The van der Waals surface area contributed by atoms with Crippen LogP contribution in [0.25, 0.3) is 0 Å².